The predicted molar refractivity (Wildman–Crippen MR) is 74.1 cm³/mol. The van der Waals surface area contributed by atoms with Gasteiger partial charge in [0.1, 0.15) is 0 Å². The van der Waals surface area contributed by atoms with Gasteiger partial charge in [-0.05, 0) is 38.1 Å². The highest BCUT2D eigenvalue weighted by atomic mass is 19.4. The summed E-state index contributed by atoms with van der Waals surface area (Å²) < 4.78 is 38.3. The van der Waals surface area contributed by atoms with Gasteiger partial charge in [-0.15, -0.1) is 0 Å². The van der Waals surface area contributed by atoms with Crippen LogP contribution in [0.3, 0.4) is 0 Å². The number of para-hydroxylation sites is 1. The van der Waals surface area contributed by atoms with Crippen molar-refractivity contribution in [1.29, 1.82) is 0 Å². The van der Waals surface area contributed by atoms with Gasteiger partial charge in [0.15, 0.2) is 0 Å². The Morgan fingerprint density at radius 1 is 1.19 bits per heavy atom. The molecule has 0 bridgehead atoms. The molecule has 1 aliphatic rings. The zero-order chi connectivity index (χ0) is 15.3. The van der Waals surface area contributed by atoms with Crippen molar-refractivity contribution in [3.05, 3.63) is 29.8 Å². The van der Waals surface area contributed by atoms with Gasteiger partial charge in [0, 0.05) is 13.1 Å². The van der Waals surface area contributed by atoms with Gasteiger partial charge in [0.2, 0.25) is 0 Å². The number of halogens is 3. The van der Waals surface area contributed by atoms with E-state index in [1.165, 1.54) is 18.2 Å². The van der Waals surface area contributed by atoms with E-state index in [1.54, 1.807) is 0 Å². The number of nitrogens with one attached hydrogen (secondary N) is 2. The number of benzene rings is 1. The minimum atomic E-state index is -4.49. The predicted octanol–water partition coefficient (Wildman–Crippen LogP) is 2.92. The van der Waals surface area contributed by atoms with Gasteiger partial charge in [-0.3, -0.25) is 0 Å². The highest BCUT2D eigenvalue weighted by Crippen LogP contribution is 2.34. The minimum absolute atomic E-state index is 0.233. The Hall–Kier alpha value is -1.76. The van der Waals surface area contributed by atoms with Gasteiger partial charge < -0.3 is 15.5 Å². The summed E-state index contributed by atoms with van der Waals surface area (Å²) in [6, 6.07) is 4.31. The van der Waals surface area contributed by atoms with Crippen LogP contribution in [0.15, 0.2) is 24.3 Å². The van der Waals surface area contributed by atoms with E-state index < -0.39 is 17.8 Å². The first-order chi connectivity index (χ1) is 9.97. The molecule has 116 valence electrons. The second kappa shape index (κ2) is 6.80. The molecule has 0 aliphatic carbocycles. The van der Waals surface area contributed by atoms with Crippen molar-refractivity contribution >= 4 is 11.7 Å². The Morgan fingerprint density at radius 2 is 1.86 bits per heavy atom. The fourth-order valence-corrected chi connectivity index (χ4v) is 2.34. The van der Waals surface area contributed by atoms with Gasteiger partial charge in [-0.1, -0.05) is 12.1 Å². The molecule has 2 amide bonds. The van der Waals surface area contributed by atoms with E-state index >= 15 is 0 Å². The molecular weight excluding hydrogens is 283 g/mol. The molecule has 0 radical (unpaired) electrons. The molecule has 4 nitrogen and oxygen atoms in total. The number of carbonyl (C=O) groups excluding carboxylic acids is 1. The molecule has 2 N–H and O–H groups in total. The van der Waals surface area contributed by atoms with Crippen LogP contribution in [-0.2, 0) is 6.18 Å². The Balaban J connectivity index is 1.85. The third kappa shape index (κ3) is 4.63. The third-order valence-electron chi connectivity index (χ3n) is 3.39. The molecule has 2 rings (SSSR count). The van der Waals surface area contributed by atoms with E-state index in [0.29, 0.717) is 13.1 Å². The van der Waals surface area contributed by atoms with Crippen LogP contribution in [0.4, 0.5) is 23.7 Å². The van der Waals surface area contributed by atoms with Gasteiger partial charge in [-0.25, -0.2) is 4.79 Å². The number of urea groups is 1. The van der Waals surface area contributed by atoms with Crippen molar-refractivity contribution < 1.29 is 18.0 Å². The van der Waals surface area contributed by atoms with Crippen LogP contribution in [0.1, 0.15) is 18.4 Å². The molecule has 1 fully saturated rings. The third-order valence-corrected chi connectivity index (χ3v) is 3.39. The maximum Gasteiger partial charge on any atom is 0.418 e. The summed E-state index contributed by atoms with van der Waals surface area (Å²) in [5.74, 6) is 0. The summed E-state index contributed by atoms with van der Waals surface area (Å²) in [6.07, 6.45) is -2.17. The summed E-state index contributed by atoms with van der Waals surface area (Å²) >= 11 is 0. The molecule has 0 atom stereocenters. The first-order valence-corrected chi connectivity index (χ1v) is 6.90. The fourth-order valence-electron chi connectivity index (χ4n) is 2.34. The largest absolute Gasteiger partial charge is 0.418 e. The van der Waals surface area contributed by atoms with Crippen molar-refractivity contribution in [2.45, 2.75) is 19.0 Å². The number of rotatable bonds is 4. The van der Waals surface area contributed by atoms with Crippen molar-refractivity contribution in [2.75, 3.05) is 31.5 Å². The molecular formula is C14H18F3N3O. The number of likely N-dealkylation sites (tertiary alicyclic amines) is 1. The highest BCUT2D eigenvalue weighted by molar-refractivity contribution is 5.90. The quantitative estimate of drug-likeness (QED) is 0.898. The molecule has 1 saturated heterocycles. The lowest BCUT2D eigenvalue weighted by molar-refractivity contribution is -0.136. The van der Waals surface area contributed by atoms with Crippen LogP contribution in [0.25, 0.3) is 0 Å². The normalized spacial score (nSPS) is 16.0. The number of amides is 2. The van der Waals surface area contributed by atoms with Crippen LogP contribution in [-0.4, -0.2) is 37.1 Å². The van der Waals surface area contributed by atoms with E-state index in [1.807, 2.05) is 0 Å². The summed E-state index contributed by atoms with van der Waals surface area (Å²) in [5.41, 5.74) is -1.08. The summed E-state index contributed by atoms with van der Waals surface area (Å²) in [6.45, 7) is 3.16. The molecule has 0 aromatic heterocycles. The molecule has 1 aromatic rings. The molecule has 1 heterocycles. The lowest BCUT2D eigenvalue weighted by Gasteiger charge is -2.16. The van der Waals surface area contributed by atoms with E-state index in [2.05, 4.69) is 15.5 Å². The summed E-state index contributed by atoms with van der Waals surface area (Å²) in [4.78, 5) is 13.9. The van der Waals surface area contributed by atoms with Crippen LogP contribution in [0, 0.1) is 0 Å². The van der Waals surface area contributed by atoms with Crippen molar-refractivity contribution in [2.24, 2.45) is 0 Å². The van der Waals surface area contributed by atoms with Crippen LogP contribution >= 0.6 is 0 Å². The highest BCUT2D eigenvalue weighted by Gasteiger charge is 2.33. The van der Waals surface area contributed by atoms with Gasteiger partial charge >= 0.3 is 12.2 Å². The lowest BCUT2D eigenvalue weighted by Crippen LogP contribution is -2.36. The lowest BCUT2D eigenvalue weighted by atomic mass is 10.1. The Morgan fingerprint density at radius 3 is 2.52 bits per heavy atom. The summed E-state index contributed by atoms with van der Waals surface area (Å²) in [5, 5.41) is 4.83. The molecule has 21 heavy (non-hydrogen) atoms. The summed E-state index contributed by atoms with van der Waals surface area (Å²) in [7, 11) is 0. The van der Waals surface area contributed by atoms with Gasteiger partial charge in [-0.2, -0.15) is 13.2 Å². The fraction of sp³-hybridized carbons (Fsp3) is 0.500. The van der Waals surface area contributed by atoms with E-state index in [9.17, 15) is 18.0 Å². The minimum Gasteiger partial charge on any atom is -0.337 e. The molecule has 0 unspecified atom stereocenters. The second-order valence-electron chi connectivity index (χ2n) is 4.97. The number of alkyl halides is 3. The Kier molecular flexibility index (Phi) is 5.06. The molecule has 0 spiro atoms. The maximum atomic E-state index is 12.8. The van der Waals surface area contributed by atoms with E-state index in [0.717, 1.165) is 32.0 Å². The first-order valence-electron chi connectivity index (χ1n) is 6.90. The number of hydrogen-bond acceptors (Lipinski definition) is 2. The number of nitrogens with zero attached hydrogens (tertiary/aromatic N) is 1. The zero-order valence-electron chi connectivity index (χ0n) is 11.5. The van der Waals surface area contributed by atoms with E-state index in [4.69, 9.17) is 0 Å². The van der Waals surface area contributed by atoms with Crippen molar-refractivity contribution in [1.82, 2.24) is 10.2 Å². The first kappa shape index (κ1) is 15.6. The number of carbonyl (C=O) groups is 1. The van der Waals surface area contributed by atoms with Crippen LogP contribution in [0.5, 0.6) is 0 Å². The van der Waals surface area contributed by atoms with Crippen molar-refractivity contribution in [3.8, 4) is 0 Å². The van der Waals surface area contributed by atoms with Crippen LogP contribution in [0.2, 0.25) is 0 Å². The molecule has 1 aliphatic heterocycles. The average Bonchev–Trinajstić information content (AvgIpc) is 2.91. The molecule has 0 saturated carbocycles. The molecule has 1 aromatic carbocycles. The topological polar surface area (TPSA) is 44.4 Å². The van der Waals surface area contributed by atoms with Crippen LogP contribution < -0.4 is 10.6 Å². The molecule has 7 heteroatoms. The van der Waals surface area contributed by atoms with E-state index in [-0.39, 0.29) is 5.69 Å². The zero-order valence-corrected chi connectivity index (χ0v) is 11.5. The Labute approximate surface area is 121 Å². The van der Waals surface area contributed by atoms with Gasteiger partial charge in [0.25, 0.3) is 0 Å². The standard InChI is InChI=1S/C14H18F3N3O/c15-14(16,17)11-5-1-2-6-12(11)19-13(21)18-7-10-20-8-3-4-9-20/h1-2,5-6H,3-4,7-10H2,(H2,18,19,21). The number of hydrogen-bond donors (Lipinski definition) is 2. The van der Waals surface area contributed by atoms with Crippen molar-refractivity contribution in [3.63, 3.8) is 0 Å². The monoisotopic (exact) mass is 301 g/mol. The second-order valence-corrected chi connectivity index (χ2v) is 4.97. The smallest absolute Gasteiger partial charge is 0.337 e. The number of anilines is 1. The maximum absolute atomic E-state index is 12.8. The SMILES string of the molecule is O=C(NCCN1CCCC1)Nc1ccccc1C(F)(F)F. The average molecular weight is 301 g/mol. The van der Waals surface area contributed by atoms with Gasteiger partial charge in [0.05, 0.1) is 11.3 Å². The Bertz CT molecular complexity index is 485.